The van der Waals surface area contributed by atoms with Crippen LogP contribution < -0.4 is 10.0 Å². The van der Waals surface area contributed by atoms with Gasteiger partial charge >= 0.3 is 0 Å². The van der Waals surface area contributed by atoms with Gasteiger partial charge in [-0.3, -0.25) is 14.6 Å². The Kier molecular flexibility index (Phi) is 6.20. The molecule has 1 heterocycles. The number of pyridine rings is 1. The molecule has 0 saturated carbocycles. The predicted molar refractivity (Wildman–Crippen MR) is 90.2 cm³/mol. The summed E-state index contributed by atoms with van der Waals surface area (Å²) in [6, 6.07) is 11.1. The summed E-state index contributed by atoms with van der Waals surface area (Å²) < 4.78 is 26.0. The number of hydrogen-bond acceptors (Lipinski definition) is 6. The van der Waals surface area contributed by atoms with Crippen molar-refractivity contribution in [2.45, 2.75) is 5.75 Å². The first kappa shape index (κ1) is 18.6. The van der Waals surface area contributed by atoms with Crippen molar-refractivity contribution in [2.75, 3.05) is 13.2 Å². The van der Waals surface area contributed by atoms with Gasteiger partial charge in [-0.05, 0) is 17.7 Å². The van der Waals surface area contributed by atoms with E-state index in [0.717, 1.165) is 6.20 Å². The van der Waals surface area contributed by atoms with Crippen LogP contribution in [0.1, 0.15) is 26.4 Å². The van der Waals surface area contributed by atoms with Gasteiger partial charge in [0.15, 0.2) is 0 Å². The fraction of sp³-hybridized carbons (Fsp3) is 0.188. The van der Waals surface area contributed by atoms with Crippen molar-refractivity contribution in [3.63, 3.8) is 0 Å². The number of benzene rings is 1. The summed E-state index contributed by atoms with van der Waals surface area (Å²) in [7, 11) is -3.85. The van der Waals surface area contributed by atoms with Crippen LogP contribution >= 0.6 is 0 Å². The van der Waals surface area contributed by atoms with Crippen molar-refractivity contribution in [1.82, 2.24) is 15.0 Å². The lowest BCUT2D eigenvalue weighted by molar-refractivity contribution is 0.0936. The van der Waals surface area contributed by atoms with Gasteiger partial charge in [0, 0.05) is 12.7 Å². The van der Waals surface area contributed by atoms with Crippen LogP contribution in [0.4, 0.5) is 0 Å². The topological polar surface area (TPSA) is 125 Å². The van der Waals surface area contributed by atoms with Crippen molar-refractivity contribution >= 4 is 21.8 Å². The van der Waals surface area contributed by atoms with E-state index in [-0.39, 0.29) is 30.2 Å². The molecule has 2 rings (SSSR count). The molecule has 9 heteroatoms. The monoisotopic (exact) mass is 363 g/mol. The van der Waals surface area contributed by atoms with Crippen molar-refractivity contribution in [1.29, 1.82) is 0 Å². The molecule has 0 unspecified atom stereocenters. The van der Waals surface area contributed by atoms with Gasteiger partial charge in [-0.25, -0.2) is 13.1 Å². The predicted octanol–water partition coefficient (Wildman–Crippen LogP) is 0.0635. The van der Waals surface area contributed by atoms with E-state index in [1.165, 1.54) is 12.1 Å². The Morgan fingerprint density at radius 2 is 1.76 bits per heavy atom. The highest BCUT2D eigenvalue weighted by Gasteiger charge is 2.17. The average molecular weight is 363 g/mol. The highest BCUT2D eigenvalue weighted by atomic mass is 32.2. The number of amides is 2. The summed E-state index contributed by atoms with van der Waals surface area (Å²) in [5, 5.41) is 11.1. The Morgan fingerprint density at radius 3 is 2.36 bits per heavy atom. The lowest BCUT2D eigenvalue weighted by Gasteiger charge is -2.07. The number of hydrogen-bond donors (Lipinski definition) is 3. The van der Waals surface area contributed by atoms with E-state index in [1.807, 2.05) is 4.72 Å². The summed E-state index contributed by atoms with van der Waals surface area (Å²) in [5.41, 5.74) is 0.615. The number of aliphatic hydroxyl groups excluding tert-OH is 1. The van der Waals surface area contributed by atoms with Crippen LogP contribution in [0.25, 0.3) is 0 Å². The Balaban J connectivity index is 2.01. The Hall–Kier alpha value is -2.78. The molecule has 1 aromatic carbocycles. The molecule has 2 amide bonds. The van der Waals surface area contributed by atoms with Crippen LogP contribution in [0.15, 0.2) is 48.7 Å². The lowest BCUT2D eigenvalue weighted by Crippen LogP contribution is -2.32. The lowest BCUT2D eigenvalue weighted by atomic mass is 10.2. The third-order valence-electron chi connectivity index (χ3n) is 3.10. The number of nitrogens with zero attached hydrogens (tertiary/aromatic N) is 1. The first-order chi connectivity index (χ1) is 11.9. The number of nitrogens with one attached hydrogen (secondary N) is 2. The first-order valence-corrected chi connectivity index (χ1v) is 9.00. The molecule has 0 aliphatic rings. The molecule has 8 nitrogen and oxygen atoms in total. The van der Waals surface area contributed by atoms with Crippen LogP contribution in [0.3, 0.4) is 0 Å². The highest BCUT2D eigenvalue weighted by Crippen LogP contribution is 2.06. The molecular weight excluding hydrogens is 346 g/mol. The van der Waals surface area contributed by atoms with Gasteiger partial charge in [0.25, 0.3) is 11.8 Å². The van der Waals surface area contributed by atoms with E-state index in [4.69, 9.17) is 5.11 Å². The van der Waals surface area contributed by atoms with Crippen LogP contribution in [-0.2, 0) is 15.8 Å². The first-order valence-electron chi connectivity index (χ1n) is 7.35. The molecule has 0 bridgehead atoms. The number of carbonyl (C=O) groups is 2. The molecule has 0 aliphatic carbocycles. The minimum atomic E-state index is -3.85. The fourth-order valence-corrected chi connectivity index (χ4v) is 3.06. The smallest absolute Gasteiger partial charge is 0.269 e. The van der Waals surface area contributed by atoms with Gasteiger partial charge in [0.1, 0.15) is 5.69 Å². The molecule has 0 spiro atoms. The Labute approximate surface area is 145 Å². The van der Waals surface area contributed by atoms with Crippen molar-refractivity contribution in [3.8, 4) is 0 Å². The van der Waals surface area contributed by atoms with Crippen molar-refractivity contribution in [2.24, 2.45) is 0 Å². The van der Waals surface area contributed by atoms with E-state index in [1.54, 1.807) is 30.3 Å². The van der Waals surface area contributed by atoms with Gasteiger partial charge in [0.2, 0.25) is 10.0 Å². The third-order valence-corrected chi connectivity index (χ3v) is 4.31. The summed E-state index contributed by atoms with van der Waals surface area (Å²) in [4.78, 5) is 27.5. The maximum Gasteiger partial charge on any atom is 0.269 e. The van der Waals surface area contributed by atoms with Crippen LogP contribution in [0, 0.1) is 0 Å². The standard InChI is InChI=1S/C16H17N3O5S/c20-9-8-17-16(22)14-7-6-13(10-18-14)15(21)19-25(23,24)11-12-4-2-1-3-5-12/h1-7,10,20H,8-9,11H2,(H,17,22)(H,19,21). The minimum absolute atomic E-state index is 0.00958. The summed E-state index contributed by atoms with van der Waals surface area (Å²) in [6.07, 6.45) is 1.11. The molecule has 25 heavy (non-hydrogen) atoms. The molecule has 0 saturated heterocycles. The molecule has 132 valence electrons. The van der Waals surface area contributed by atoms with Crippen molar-refractivity contribution in [3.05, 3.63) is 65.5 Å². The highest BCUT2D eigenvalue weighted by molar-refractivity contribution is 7.89. The molecule has 2 aromatic rings. The van der Waals surface area contributed by atoms with E-state index >= 15 is 0 Å². The number of rotatable bonds is 7. The molecule has 1 aromatic heterocycles. The summed E-state index contributed by atoms with van der Waals surface area (Å²) >= 11 is 0. The summed E-state index contributed by atoms with van der Waals surface area (Å²) in [6.45, 7) is -0.119. The van der Waals surface area contributed by atoms with Gasteiger partial charge in [0.05, 0.1) is 17.9 Å². The second kappa shape index (κ2) is 8.36. The Bertz CT molecular complexity index is 836. The van der Waals surface area contributed by atoms with Crippen LogP contribution in [0.5, 0.6) is 0 Å². The zero-order valence-electron chi connectivity index (χ0n) is 13.2. The molecule has 0 aliphatic heterocycles. The van der Waals surface area contributed by atoms with E-state index in [2.05, 4.69) is 10.3 Å². The second-order valence-corrected chi connectivity index (χ2v) is 6.81. The number of sulfonamides is 1. The van der Waals surface area contributed by atoms with Gasteiger partial charge in [-0.1, -0.05) is 30.3 Å². The number of aromatic nitrogens is 1. The van der Waals surface area contributed by atoms with E-state index in [0.29, 0.717) is 5.56 Å². The van der Waals surface area contributed by atoms with E-state index in [9.17, 15) is 18.0 Å². The number of aliphatic hydroxyl groups is 1. The molecular formula is C16H17N3O5S. The summed E-state index contributed by atoms with van der Waals surface area (Å²) in [5.74, 6) is -1.65. The molecule has 0 atom stereocenters. The fourth-order valence-electron chi connectivity index (χ4n) is 1.95. The normalized spacial score (nSPS) is 10.9. The molecule has 3 N–H and O–H groups in total. The molecule has 0 fully saturated rings. The van der Waals surface area contributed by atoms with Crippen molar-refractivity contribution < 1.29 is 23.1 Å². The zero-order valence-corrected chi connectivity index (χ0v) is 14.0. The van der Waals surface area contributed by atoms with Crippen LogP contribution in [-0.4, -0.2) is 43.5 Å². The van der Waals surface area contributed by atoms with Gasteiger partial charge in [-0.2, -0.15) is 0 Å². The third kappa shape index (κ3) is 5.66. The zero-order chi connectivity index (χ0) is 18.3. The van der Waals surface area contributed by atoms with Gasteiger partial charge < -0.3 is 10.4 Å². The quantitative estimate of drug-likeness (QED) is 0.639. The number of carbonyl (C=O) groups excluding carboxylic acids is 2. The minimum Gasteiger partial charge on any atom is -0.395 e. The second-order valence-electron chi connectivity index (χ2n) is 5.09. The maximum absolute atomic E-state index is 12.0. The molecule has 0 radical (unpaired) electrons. The van der Waals surface area contributed by atoms with E-state index < -0.39 is 21.8 Å². The Morgan fingerprint density at radius 1 is 1.04 bits per heavy atom. The van der Waals surface area contributed by atoms with Gasteiger partial charge in [-0.15, -0.1) is 0 Å². The average Bonchev–Trinajstić information content (AvgIpc) is 2.59. The SMILES string of the molecule is O=C(NS(=O)(=O)Cc1ccccc1)c1ccc(C(=O)NCCO)nc1. The largest absolute Gasteiger partial charge is 0.395 e. The van der Waals surface area contributed by atoms with Crippen LogP contribution in [0.2, 0.25) is 0 Å². The maximum atomic E-state index is 12.0.